The number of carbonyl (C=O) groups is 1. The molecule has 0 amide bonds. The fourth-order valence-electron chi connectivity index (χ4n) is 2.98. The number of fused-ring (bicyclic) bond motifs is 1. The molecular formula is C20H16BF3N3O5-. The predicted molar refractivity (Wildman–Crippen MR) is 107 cm³/mol. The van der Waals surface area contributed by atoms with E-state index in [9.17, 15) is 22.7 Å². The van der Waals surface area contributed by atoms with Gasteiger partial charge in [0, 0.05) is 0 Å². The Morgan fingerprint density at radius 1 is 1.28 bits per heavy atom. The monoisotopic (exact) mass is 446 g/mol. The molecular weight excluding hydrogens is 430 g/mol. The molecule has 0 aliphatic heterocycles. The summed E-state index contributed by atoms with van der Waals surface area (Å²) in [4.78, 5) is 24.1. The van der Waals surface area contributed by atoms with Crippen LogP contribution in [0, 0.1) is 0 Å². The quantitative estimate of drug-likeness (QED) is 0.233. The third kappa shape index (κ3) is 4.53. The zero-order chi connectivity index (χ0) is 23.5. The molecule has 166 valence electrons. The molecule has 3 rings (SSSR count). The van der Waals surface area contributed by atoms with Crippen LogP contribution in [0.25, 0.3) is 22.4 Å². The maximum atomic E-state index is 13.2. The maximum absolute atomic E-state index is 13.2. The molecule has 32 heavy (non-hydrogen) atoms. The normalized spacial score (nSPS) is 12.7. The third-order valence-electron chi connectivity index (χ3n) is 4.38. The van der Waals surface area contributed by atoms with E-state index in [1.807, 2.05) is 0 Å². The van der Waals surface area contributed by atoms with Gasteiger partial charge in [0.05, 0.1) is 0 Å². The molecule has 0 bridgehead atoms. The van der Waals surface area contributed by atoms with Crippen LogP contribution in [0.3, 0.4) is 0 Å². The average molecular weight is 446 g/mol. The second-order valence-electron chi connectivity index (χ2n) is 6.41. The van der Waals surface area contributed by atoms with Gasteiger partial charge < -0.3 is 0 Å². The molecule has 8 nitrogen and oxygen atoms in total. The first kappa shape index (κ1) is 23.1. The first-order valence-corrected chi connectivity index (χ1v) is 9.33. The van der Waals surface area contributed by atoms with Crippen molar-refractivity contribution in [3.8, 4) is 17.2 Å². The Labute approximate surface area is 180 Å². The molecule has 2 heterocycles. The Bertz CT molecular complexity index is 1190. The molecule has 1 atom stereocenters. The number of esters is 1. The van der Waals surface area contributed by atoms with Gasteiger partial charge in [-0.1, -0.05) is 0 Å². The van der Waals surface area contributed by atoms with Gasteiger partial charge in [-0.2, -0.15) is 13.2 Å². The van der Waals surface area contributed by atoms with Crippen LogP contribution >= 0.6 is 0 Å². The van der Waals surface area contributed by atoms with E-state index in [4.69, 9.17) is 13.9 Å². The van der Waals surface area contributed by atoms with Crippen molar-refractivity contribution in [3.63, 3.8) is 0 Å². The molecule has 0 fully saturated rings. The van der Waals surface area contributed by atoms with Gasteiger partial charge in [0.25, 0.3) is 0 Å². The van der Waals surface area contributed by atoms with Crippen LogP contribution in [-0.2, 0) is 15.6 Å². The van der Waals surface area contributed by atoms with E-state index in [2.05, 4.69) is 21.1 Å². The number of aliphatic imine (C=N–C) groups is 1. The van der Waals surface area contributed by atoms with Crippen molar-refractivity contribution in [1.29, 1.82) is 0 Å². The van der Waals surface area contributed by atoms with Crippen molar-refractivity contribution < 1.29 is 36.6 Å². The van der Waals surface area contributed by atoms with Crippen molar-refractivity contribution in [2.24, 2.45) is 4.99 Å². The Kier molecular flexibility index (Phi) is 6.71. The van der Waals surface area contributed by atoms with Crippen LogP contribution in [0.5, 0.6) is 5.75 Å². The van der Waals surface area contributed by atoms with Crippen LogP contribution in [-0.4, -0.2) is 42.9 Å². The number of halogens is 3. The van der Waals surface area contributed by atoms with Crippen molar-refractivity contribution in [1.82, 2.24) is 9.97 Å². The second-order valence-corrected chi connectivity index (χ2v) is 6.41. The zero-order valence-corrected chi connectivity index (χ0v) is 17.2. The predicted octanol–water partition coefficient (Wildman–Crippen LogP) is 4.11. The Morgan fingerprint density at radius 3 is 2.66 bits per heavy atom. The van der Waals surface area contributed by atoms with Crippen molar-refractivity contribution in [2.75, 3.05) is 13.7 Å². The first-order chi connectivity index (χ1) is 15.2. The number of carbonyl (C=O) groups excluding carboxylic acids is 1. The van der Waals surface area contributed by atoms with Crippen LogP contribution < -0.4 is 4.74 Å². The summed E-state index contributed by atoms with van der Waals surface area (Å²) in [6, 6.07) is 4.18. The van der Waals surface area contributed by atoms with Gasteiger partial charge in [0.1, 0.15) is 0 Å². The molecule has 2 aromatic heterocycles. The molecule has 0 aliphatic carbocycles. The number of benzene rings is 1. The van der Waals surface area contributed by atoms with Crippen molar-refractivity contribution >= 4 is 30.1 Å². The van der Waals surface area contributed by atoms with E-state index >= 15 is 0 Å². The van der Waals surface area contributed by atoms with Gasteiger partial charge in [-0.3, -0.25) is 0 Å². The fourth-order valence-corrected chi connectivity index (χ4v) is 2.98. The minimum atomic E-state index is -4.65. The number of hydrogen-bond donors (Lipinski definition) is 0. The van der Waals surface area contributed by atoms with E-state index in [1.54, 1.807) is 13.8 Å². The molecule has 1 aromatic carbocycles. The Hall–Kier alpha value is -3.57. The SMILES string of the molecule is CCOC(=O)c1nc(-c2ccc(OC)c3nc(C(F)(F)F)ccc23)oc1[C@H](C)N=[C-]B=O. The summed E-state index contributed by atoms with van der Waals surface area (Å²) in [5, 5.41) is 0.260. The molecule has 0 spiro atoms. The number of pyridine rings is 1. The number of ether oxygens (including phenoxy) is 2. The van der Waals surface area contributed by atoms with E-state index in [-0.39, 0.29) is 46.2 Å². The summed E-state index contributed by atoms with van der Waals surface area (Å²) in [5.41, 5.74) is -1.05. The molecule has 0 N–H and O–H groups in total. The van der Waals surface area contributed by atoms with Crippen LogP contribution in [0.1, 0.15) is 41.8 Å². The fraction of sp³-hybridized carbons (Fsp3) is 0.300. The molecule has 0 saturated carbocycles. The van der Waals surface area contributed by atoms with Gasteiger partial charge in [0.2, 0.25) is 0 Å². The second kappa shape index (κ2) is 9.29. The van der Waals surface area contributed by atoms with Crippen molar-refractivity contribution in [2.45, 2.75) is 26.1 Å². The van der Waals surface area contributed by atoms with Crippen LogP contribution in [0.2, 0.25) is 0 Å². The molecule has 0 radical (unpaired) electrons. The molecule has 0 unspecified atom stereocenters. The van der Waals surface area contributed by atoms with Gasteiger partial charge in [-0.05, 0) is 0 Å². The minimum absolute atomic E-state index is 0.0108. The van der Waals surface area contributed by atoms with Gasteiger partial charge in [-0.25, -0.2) is 0 Å². The number of hydrogen-bond acceptors (Lipinski definition) is 8. The van der Waals surface area contributed by atoms with Crippen LogP contribution in [0.15, 0.2) is 33.7 Å². The number of methoxy groups -OCH3 is 1. The molecule has 0 aliphatic rings. The van der Waals surface area contributed by atoms with E-state index in [1.165, 1.54) is 25.3 Å². The topological polar surface area (TPSA) is 104 Å². The van der Waals surface area contributed by atoms with Gasteiger partial charge in [-0.15, -0.1) is 0 Å². The summed E-state index contributed by atoms with van der Waals surface area (Å²) in [7, 11) is 1.65. The standard InChI is InChI=1S/C20H16BF3N3O5/c1-4-31-19(28)16-17(10(2)25-9-21-29)32-18(27-16)12-5-7-13(30-3)15-11(12)6-8-14(26-15)20(22,23)24/h5-8,10H,4H2,1-3H3/q-1/t10-/m0/s1. The number of nitrogens with zero attached hydrogens (tertiary/aromatic N) is 3. The summed E-state index contributed by atoms with van der Waals surface area (Å²) in [6.07, 6.45) is -2.52. The number of oxazole rings is 1. The summed E-state index contributed by atoms with van der Waals surface area (Å²) in [5.74, 6) is -0.714. The average Bonchev–Trinajstić information content (AvgIpc) is 3.21. The summed E-state index contributed by atoms with van der Waals surface area (Å²) >= 11 is 0. The van der Waals surface area contributed by atoms with E-state index in [0.29, 0.717) is 7.15 Å². The summed E-state index contributed by atoms with van der Waals surface area (Å²) < 4.78 is 65.9. The number of aromatic nitrogens is 2. The van der Waals surface area contributed by atoms with Crippen molar-refractivity contribution in [3.05, 3.63) is 41.4 Å². The summed E-state index contributed by atoms with van der Waals surface area (Å²) in [6.45, 7) is 3.24. The molecule has 3 aromatic rings. The molecule has 12 heteroatoms. The number of alkyl halides is 3. The Morgan fingerprint density at radius 2 is 2.03 bits per heavy atom. The Balaban J connectivity index is 2.22. The third-order valence-corrected chi connectivity index (χ3v) is 4.38. The zero-order valence-electron chi connectivity index (χ0n) is 17.2. The van der Waals surface area contributed by atoms with Crippen LogP contribution in [0.4, 0.5) is 13.2 Å². The van der Waals surface area contributed by atoms with Gasteiger partial charge in [0.15, 0.2) is 0 Å². The van der Waals surface area contributed by atoms with Gasteiger partial charge >= 0.3 is 167 Å². The number of rotatable bonds is 7. The first-order valence-electron chi connectivity index (χ1n) is 9.33. The van der Waals surface area contributed by atoms with E-state index in [0.717, 1.165) is 6.07 Å². The van der Waals surface area contributed by atoms with E-state index < -0.39 is 23.9 Å². The molecule has 0 saturated heterocycles.